The first-order chi connectivity index (χ1) is 8.75. The van der Waals surface area contributed by atoms with E-state index in [1.807, 2.05) is 0 Å². The SMILES string of the molecule is Cc1cc(CCCCC2CCNCC2)ccc1Br. The predicted molar refractivity (Wildman–Crippen MR) is 82.0 cm³/mol. The summed E-state index contributed by atoms with van der Waals surface area (Å²) >= 11 is 3.56. The topological polar surface area (TPSA) is 12.0 Å². The zero-order valence-corrected chi connectivity index (χ0v) is 12.9. The number of hydrogen-bond acceptors (Lipinski definition) is 1. The molecule has 0 saturated carbocycles. The minimum Gasteiger partial charge on any atom is -0.317 e. The number of unbranched alkanes of at least 4 members (excludes halogenated alkanes) is 1. The molecule has 1 aromatic carbocycles. The summed E-state index contributed by atoms with van der Waals surface area (Å²) < 4.78 is 1.22. The number of hydrogen-bond donors (Lipinski definition) is 1. The first-order valence-electron chi connectivity index (χ1n) is 7.21. The molecule has 1 heterocycles. The largest absolute Gasteiger partial charge is 0.317 e. The summed E-state index contributed by atoms with van der Waals surface area (Å²) in [6.45, 7) is 4.63. The summed E-state index contributed by atoms with van der Waals surface area (Å²) in [7, 11) is 0. The Hall–Kier alpha value is -0.340. The van der Waals surface area contributed by atoms with Crippen LogP contribution in [0.15, 0.2) is 22.7 Å². The Morgan fingerprint density at radius 1 is 1.22 bits per heavy atom. The molecule has 1 aliphatic rings. The van der Waals surface area contributed by atoms with E-state index in [1.54, 1.807) is 0 Å². The van der Waals surface area contributed by atoms with E-state index in [0.29, 0.717) is 0 Å². The van der Waals surface area contributed by atoms with Gasteiger partial charge in [-0.15, -0.1) is 0 Å². The minimum absolute atomic E-state index is 0.984. The Kier molecular flexibility index (Phi) is 5.71. The average molecular weight is 310 g/mol. The minimum atomic E-state index is 0.984. The molecule has 1 aromatic rings. The molecule has 18 heavy (non-hydrogen) atoms. The van der Waals surface area contributed by atoms with Crippen LogP contribution >= 0.6 is 15.9 Å². The molecule has 0 unspecified atom stereocenters. The molecular formula is C16H24BrN. The molecule has 1 saturated heterocycles. The van der Waals surface area contributed by atoms with Gasteiger partial charge in [-0.25, -0.2) is 0 Å². The molecule has 0 spiro atoms. The van der Waals surface area contributed by atoms with Crippen molar-refractivity contribution in [3.05, 3.63) is 33.8 Å². The third kappa shape index (κ3) is 4.40. The van der Waals surface area contributed by atoms with Crippen LogP contribution in [0.1, 0.15) is 43.2 Å². The zero-order valence-electron chi connectivity index (χ0n) is 11.3. The van der Waals surface area contributed by atoms with Crippen LogP contribution in [0, 0.1) is 12.8 Å². The summed E-state index contributed by atoms with van der Waals surface area (Å²) in [5.41, 5.74) is 2.84. The molecule has 1 N–H and O–H groups in total. The molecule has 2 heteroatoms. The van der Waals surface area contributed by atoms with Gasteiger partial charge >= 0.3 is 0 Å². The Morgan fingerprint density at radius 2 is 2.00 bits per heavy atom. The molecule has 0 aliphatic carbocycles. The summed E-state index contributed by atoms with van der Waals surface area (Å²) in [5, 5.41) is 3.44. The van der Waals surface area contributed by atoms with Crippen LogP contribution in [-0.2, 0) is 6.42 Å². The number of piperidine rings is 1. The fourth-order valence-corrected chi connectivity index (χ4v) is 3.04. The van der Waals surface area contributed by atoms with Crippen molar-refractivity contribution in [1.29, 1.82) is 0 Å². The van der Waals surface area contributed by atoms with Crippen LogP contribution in [-0.4, -0.2) is 13.1 Å². The van der Waals surface area contributed by atoms with E-state index in [4.69, 9.17) is 0 Å². The van der Waals surface area contributed by atoms with Gasteiger partial charge < -0.3 is 5.32 Å². The van der Waals surface area contributed by atoms with Gasteiger partial charge in [0, 0.05) is 4.47 Å². The molecule has 0 atom stereocenters. The zero-order chi connectivity index (χ0) is 12.8. The van der Waals surface area contributed by atoms with E-state index in [0.717, 1.165) is 5.92 Å². The lowest BCUT2D eigenvalue weighted by molar-refractivity contribution is 0.344. The fraction of sp³-hybridized carbons (Fsp3) is 0.625. The van der Waals surface area contributed by atoms with E-state index in [1.165, 1.54) is 67.2 Å². The highest BCUT2D eigenvalue weighted by Gasteiger charge is 2.11. The maximum absolute atomic E-state index is 3.56. The van der Waals surface area contributed by atoms with Crippen LogP contribution in [0.3, 0.4) is 0 Å². The van der Waals surface area contributed by atoms with E-state index in [9.17, 15) is 0 Å². The maximum Gasteiger partial charge on any atom is 0.0204 e. The van der Waals surface area contributed by atoms with Crippen molar-refractivity contribution in [3.8, 4) is 0 Å². The van der Waals surface area contributed by atoms with Crippen LogP contribution < -0.4 is 5.32 Å². The van der Waals surface area contributed by atoms with Crippen molar-refractivity contribution in [1.82, 2.24) is 5.32 Å². The third-order valence-corrected chi connectivity index (χ3v) is 4.90. The lowest BCUT2D eigenvalue weighted by atomic mass is 9.92. The predicted octanol–water partition coefficient (Wildman–Crippen LogP) is 4.47. The standard InChI is InChI=1S/C16H24BrN/c1-13-12-15(6-7-16(13)17)5-3-2-4-14-8-10-18-11-9-14/h6-7,12,14,18H,2-5,8-11H2,1H3. The second-order valence-electron chi connectivity index (χ2n) is 5.52. The number of halogens is 1. The summed E-state index contributed by atoms with van der Waals surface area (Å²) in [6.07, 6.45) is 8.16. The van der Waals surface area contributed by atoms with Gasteiger partial charge in [-0.1, -0.05) is 40.9 Å². The highest BCUT2D eigenvalue weighted by Crippen LogP contribution is 2.21. The van der Waals surface area contributed by atoms with Gasteiger partial charge in [-0.2, -0.15) is 0 Å². The smallest absolute Gasteiger partial charge is 0.0204 e. The van der Waals surface area contributed by atoms with Crippen LogP contribution in [0.25, 0.3) is 0 Å². The molecule has 0 amide bonds. The van der Waals surface area contributed by atoms with Gasteiger partial charge in [0.15, 0.2) is 0 Å². The molecule has 1 aliphatic heterocycles. The van der Waals surface area contributed by atoms with E-state index < -0.39 is 0 Å². The highest BCUT2D eigenvalue weighted by atomic mass is 79.9. The second kappa shape index (κ2) is 7.30. The van der Waals surface area contributed by atoms with Gasteiger partial charge in [0.05, 0.1) is 0 Å². The van der Waals surface area contributed by atoms with Crippen molar-refractivity contribution in [3.63, 3.8) is 0 Å². The number of benzene rings is 1. The number of aryl methyl sites for hydroxylation is 2. The molecule has 0 radical (unpaired) electrons. The first kappa shape index (κ1) is 14.1. The Morgan fingerprint density at radius 3 is 2.72 bits per heavy atom. The van der Waals surface area contributed by atoms with Crippen LogP contribution in [0.4, 0.5) is 0 Å². The first-order valence-corrected chi connectivity index (χ1v) is 8.01. The Balaban J connectivity index is 1.66. The number of nitrogens with one attached hydrogen (secondary N) is 1. The van der Waals surface area contributed by atoms with Crippen molar-refractivity contribution in [2.75, 3.05) is 13.1 Å². The summed E-state index contributed by atoms with van der Waals surface area (Å²) in [6, 6.07) is 6.74. The van der Waals surface area contributed by atoms with Gasteiger partial charge in [0.25, 0.3) is 0 Å². The Labute approximate surface area is 119 Å². The van der Waals surface area contributed by atoms with Gasteiger partial charge in [-0.3, -0.25) is 0 Å². The summed E-state index contributed by atoms with van der Waals surface area (Å²) in [4.78, 5) is 0. The van der Waals surface area contributed by atoms with Crippen molar-refractivity contribution in [2.45, 2.75) is 45.4 Å². The lowest BCUT2D eigenvalue weighted by Gasteiger charge is -2.22. The molecule has 2 rings (SSSR count). The summed E-state index contributed by atoms with van der Waals surface area (Å²) in [5.74, 6) is 0.984. The lowest BCUT2D eigenvalue weighted by Crippen LogP contribution is -2.27. The van der Waals surface area contributed by atoms with Crippen molar-refractivity contribution < 1.29 is 0 Å². The molecule has 1 fully saturated rings. The van der Waals surface area contributed by atoms with Crippen molar-refractivity contribution >= 4 is 15.9 Å². The number of rotatable bonds is 5. The normalized spacial score (nSPS) is 17.0. The Bertz CT molecular complexity index is 369. The van der Waals surface area contributed by atoms with Crippen LogP contribution in [0.5, 0.6) is 0 Å². The molecule has 0 aromatic heterocycles. The molecular weight excluding hydrogens is 286 g/mol. The molecule has 0 bridgehead atoms. The third-order valence-electron chi connectivity index (χ3n) is 4.01. The second-order valence-corrected chi connectivity index (χ2v) is 6.38. The maximum atomic E-state index is 3.56. The molecule has 1 nitrogen and oxygen atoms in total. The quantitative estimate of drug-likeness (QED) is 0.791. The highest BCUT2D eigenvalue weighted by molar-refractivity contribution is 9.10. The monoisotopic (exact) mass is 309 g/mol. The molecule has 100 valence electrons. The van der Waals surface area contributed by atoms with E-state index in [2.05, 4.69) is 46.4 Å². The van der Waals surface area contributed by atoms with Crippen molar-refractivity contribution in [2.24, 2.45) is 5.92 Å². The van der Waals surface area contributed by atoms with Gasteiger partial charge in [0.2, 0.25) is 0 Å². The average Bonchev–Trinajstić information content (AvgIpc) is 2.40. The van der Waals surface area contributed by atoms with E-state index in [-0.39, 0.29) is 0 Å². The van der Waals surface area contributed by atoms with Crippen LogP contribution in [0.2, 0.25) is 0 Å². The van der Waals surface area contributed by atoms with Gasteiger partial charge in [0.1, 0.15) is 0 Å². The fourth-order valence-electron chi connectivity index (χ4n) is 2.79. The van der Waals surface area contributed by atoms with E-state index >= 15 is 0 Å². The van der Waals surface area contributed by atoms with Gasteiger partial charge in [-0.05, 0) is 68.8 Å².